The Labute approximate surface area is 107 Å². The van der Waals surface area contributed by atoms with Gasteiger partial charge in [0, 0.05) is 6.26 Å². The van der Waals surface area contributed by atoms with Crippen molar-refractivity contribution in [3.63, 3.8) is 0 Å². The van der Waals surface area contributed by atoms with Gasteiger partial charge in [-0.15, -0.1) is 0 Å². The van der Waals surface area contributed by atoms with Gasteiger partial charge in [0.2, 0.25) is 5.91 Å². The van der Waals surface area contributed by atoms with Crippen molar-refractivity contribution in [2.75, 3.05) is 18.6 Å². The Balaban J connectivity index is 2.55. The van der Waals surface area contributed by atoms with Crippen molar-refractivity contribution in [1.82, 2.24) is 5.32 Å². The van der Waals surface area contributed by atoms with Crippen LogP contribution in [0.4, 0.5) is 0 Å². The maximum absolute atomic E-state index is 11.4. The molecule has 1 rings (SSSR count). The van der Waals surface area contributed by atoms with Crippen molar-refractivity contribution in [2.45, 2.75) is 12.5 Å². The lowest BCUT2D eigenvalue weighted by atomic mass is 10.1. The van der Waals surface area contributed by atoms with Crippen LogP contribution in [0, 0.1) is 0 Å². The van der Waals surface area contributed by atoms with Gasteiger partial charge in [0.05, 0.1) is 12.6 Å². The van der Waals surface area contributed by atoms with Gasteiger partial charge >= 0.3 is 0 Å². The number of amides is 1. The van der Waals surface area contributed by atoms with Crippen LogP contribution in [0.5, 0.6) is 0 Å². The predicted octanol–water partition coefficient (Wildman–Crippen LogP) is -0.249. The monoisotopic (exact) mass is 271 g/mol. The Morgan fingerprint density at radius 2 is 1.94 bits per heavy atom. The molecule has 0 saturated heterocycles. The van der Waals surface area contributed by atoms with E-state index >= 15 is 0 Å². The smallest absolute Gasteiger partial charge is 0.235 e. The molecule has 0 aromatic heterocycles. The third-order valence-corrected chi connectivity index (χ3v) is 3.09. The van der Waals surface area contributed by atoms with Crippen LogP contribution in [0.15, 0.2) is 30.3 Å². The second-order valence-corrected chi connectivity index (χ2v) is 6.35. The van der Waals surface area contributed by atoms with Gasteiger partial charge in [-0.2, -0.15) is 0 Å². The van der Waals surface area contributed by atoms with E-state index in [1.165, 1.54) is 0 Å². The topological polar surface area (TPSA) is 83.5 Å². The summed E-state index contributed by atoms with van der Waals surface area (Å²) in [4.78, 5) is 11.4. The van der Waals surface area contributed by atoms with E-state index in [-0.39, 0.29) is 6.61 Å². The molecule has 0 heterocycles. The van der Waals surface area contributed by atoms with Crippen LogP contribution in [-0.2, 0) is 21.1 Å². The summed E-state index contributed by atoms with van der Waals surface area (Å²) >= 11 is 0. The molecule has 2 N–H and O–H groups in total. The largest absolute Gasteiger partial charge is 0.394 e. The lowest BCUT2D eigenvalue weighted by Crippen LogP contribution is -2.41. The second kappa shape index (κ2) is 6.51. The van der Waals surface area contributed by atoms with Gasteiger partial charge in [0.1, 0.15) is 5.75 Å². The highest BCUT2D eigenvalue weighted by Gasteiger charge is 2.15. The molecule has 0 spiro atoms. The van der Waals surface area contributed by atoms with Gasteiger partial charge in [-0.25, -0.2) is 8.42 Å². The number of carbonyl (C=O) groups excluding carboxylic acids is 1. The van der Waals surface area contributed by atoms with Crippen LogP contribution >= 0.6 is 0 Å². The van der Waals surface area contributed by atoms with Gasteiger partial charge in [-0.3, -0.25) is 4.79 Å². The second-order valence-electron chi connectivity index (χ2n) is 4.21. The van der Waals surface area contributed by atoms with Crippen molar-refractivity contribution in [3.8, 4) is 0 Å². The Bertz CT molecular complexity index is 484. The third kappa shape index (κ3) is 5.79. The van der Waals surface area contributed by atoms with Crippen LogP contribution in [0.1, 0.15) is 5.56 Å². The van der Waals surface area contributed by atoms with Gasteiger partial charge < -0.3 is 10.4 Å². The molecular weight excluding hydrogens is 254 g/mol. The van der Waals surface area contributed by atoms with Crippen LogP contribution < -0.4 is 5.32 Å². The van der Waals surface area contributed by atoms with E-state index in [2.05, 4.69) is 5.32 Å². The molecule has 0 bridgehead atoms. The highest BCUT2D eigenvalue weighted by atomic mass is 32.2. The maximum atomic E-state index is 11.4. The SMILES string of the molecule is CS(=O)(=O)CC(=O)NC(CO)Cc1ccccc1. The van der Waals surface area contributed by atoms with Crippen LogP contribution in [0.3, 0.4) is 0 Å². The zero-order chi connectivity index (χ0) is 13.6. The quantitative estimate of drug-likeness (QED) is 0.747. The van der Waals surface area contributed by atoms with Gasteiger partial charge in [-0.1, -0.05) is 30.3 Å². The summed E-state index contributed by atoms with van der Waals surface area (Å²) in [5.74, 6) is -1.15. The van der Waals surface area contributed by atoms with E-state index in [4.69, 9.17) is 0 Å². The number of aliphatic hydroxyl groups excluding tert-OH is 1. The molecule has 0 aliphatic heterocycles. The molecule has 1 atom stereocenters. The average molecular weight is 271 g/mol. The lowest BCUT2D eigenvalue weighted by molar-refractivity contribution is -0.119. The molecule has 0 radical (unpaired) electrons. The van der Waals surface area contributed by atoms with Crippen molar-refractivity contribution in [2.24, 2.45) is 0 Å². The van der Waals surface area contributed by atoms with Crippen molar-refractivity contribution >= 4 is 15.7 Å². The summed E-state index contributed by atoms with van der Waals surface area (Å²) in [6.45, 7) is -0.232. The predicted molar refractivity (Wildman–Crippen MR) is 68.9 cm³/mol. The summed E-state index contributed by atoms with van der Waals surface area (Å²) in [7, 11) is -3.34. The fourth-order valence-corrected chi connectivity index (χ4v) is 2.13. The zero-order valence-electron chi connectivity index (χ0n) is 10.2. The summed E-state index contributed by atoms with van der Waals surface area (Å²) in [5, 5.41) is 11.7. The first-order valence-electron chi connectivity index (χ1n) is 5.52. The van der Waals surface area contributed by atoms with Crippen molar-refractivity contribution < 1.29 is 18.3 Å². The highest BCUT2D eigenvalue weighted by molar-refractivity contribution is 7.91. The first kappa shape index (κ1) is 14.7. The third-order valence-electron chi connectivity index (χ3n) is 2.30. The van der Waals surface area contributed by atoms with Crippen molar-refractivity contribution in [3.05, 3.63) is 35.9 Å². The summed E-state index contributed by atoms with van der Waals surface area (Å²) in [5.41, 5.74) is 0.969. The normalized spacial score (nSPS) is 13.0. The number of hydrogen-bond donors (Lipinski definition) is 2. The minimum atomic E-state index is -3.34. The van der Waals surface area contributed by atoms with E-state index in [0.29, 0.717) is 6.42 Å². The first-order valence-corrected chi connectivity index (χ1v) is 7.58. The molecule has 1 amide bonds. The van der Waals surface area contributed by atoms with E-state index < -0.39 is 27.5 Å². The molecule has 1 unspecified atom stereocenters. The number of nitrogens with one attached hydrogen (secondary N) is 1. The van der Waals surface area contributed by atoms with Crippen LogP contribution in [0.2, 0.25) is 0 Å². The standard InChI is InChI=1S/C12H17NO4S/c1-18(16,17)9-12(15)13-11(8-14)7-10-5-3-2-4-6-10/h2-6,11,14H,7-9H2,1H3,(H,13,15). The summed E-state index contributed by atoms with van der Waals surface area (Å²) in [6, 6.07) is 8.89. The number of rotatable bonds is 6. The van der Waals surface area contributed by atoms with Crippen LogP contribution in [-0.4, -0.2) is 44.1 Å². The van der Waals surface area contributed by atoms with E-state index in [0.717, 1.165) is 11.8 Å². The van der Waals surface area contributed by atoms with Crippen LogP contribution in [0.25, 0.3) is 0 Å². The minimum absolute atomic E-state index is 0.232. The molecule has 0 fully saturated rings. The van der Waals surface area contributed by atoms with Gasteiger partial charge in [0.25, 0.3) is 0 Å². The Morgan fingerprint density at radius 1 is 1.33 bits per heavy atom. The Kier molecular flexibility index (Phi) is 5.30. The summed E-state index contributed by atoms with van der Waals surface area (Å²) in [6.07, 6.45) is 1.46. The molecular formula is C12H17NO4S. The number of carbonyl (C=O) groups is 1. The molecule has 6 heteroatoms. The molecule has 1 aromatic carbocycles. The molecule has 0 aliphatic rings. The van der Waals surface area contributed by atoms with E-state index in [1.807, 2.05) is 30.3 Å². The molecule has 18 heavy (non-hydrogen) atoms. The molecule has 1 aromatic rings. The lowest BCUT2D eigenvalue weighted by Gasteiger charge is -2.16. The van der Waals surface area contributed by atoms with E-state index in [9.17, 15) is 18.3 Å². The van der Waals surface area contributed by atoms with E-state index in [1.54, 1.807) is 0 Å². The van der Waals surface area contributed by atoms with Gasteiger partial charge in [-0.05, 0) is 12.0 Å². The minimum Gasteiger partial charge on any atom is -0.394 e. The molecule has 0 aliphatic carbocycles. The average Bonchev–Trinajstić information content (AvgIpc) is 2.27. The maximum Gasteiger partial charge on any atom is 0.235 e. The number of sulfone groups is 1. The Morgan fingerprint density at radius 3 is 2.44 bits per heavy atom. The molecule has 0 saturated carbocycles. The van der Waals surface area contributed by atoms with Gasteiger partial charge in [0.15, 0.2) is 9.84 Å². The first-order chi connectivity index (χ1) is 8.40. The fraction of sp³-hybridized carbons (Fsp3) is 0.417. The molecule has 100 valence electrons. The molecule has 5 nitrogen and oxygen atoms in total. The Hall–Kier alpha value is -1.40. The summed E-state index contributed by atoms with van der Waals surface area (Å²) < 4.78 is 21.9. The fourth-order valence-electron chi connectivity index (χ4n) is 1.57. The van der Waals surface area contributed by atoms with Crippen molar-refractivity contribution in [1.29, 1.82) is 0 Å². The number of aliphatic hydroxyl groups is 1. The zero-order valence-corrected chi connectivity index (χ0v) is 11.0. The number of hydrogen-bond acceptors (Lipinski definition) is 4. The number of benzene rings is 1. The highest BCUT2D eigenvalue weighted by Crippen LogP contribution is 2.03.